The van der Waals surface area contributed by atoms with E-state index in [1.165, 1.54) is 4.90 Å². The van der Waals surface area contributed by atoms with Crippen LogP contribution >= 0.6 is 11.8 Å². The number of benzene rings is 2. The van der Waals surface area contributed by atoms with E-state index in [9.17, 15) is 0 Å². The molecule has 0 bridgehead atoms. The van der Waals surface area contributed by atoms with Gasteiger partial charge in [-0.1, -0.05) is 18.2 Å². The summed E-state index contributed by atoms with van der Waals surface area (Å²) in [6.45, 7) is 0.614. The fourth-order valence-electron chi connectivity index (χ4n) is 2.57. The number of anilines is 1. The Labute approximate surface area is 157 Å². The Morgan fingerprint density at radius 3 is 2.46 bits per heavy atom. The zero-order valence-corrected chi connectivity index (χ0v) is 15.7. The fraction of sp³-hybridized carbons (Fsp3) is 0.211. The summed E-state index contributed by atoms with van der Waals surface area (Å²) in [6, 6.07) is 13.9. The lowest BCUT2D eigenvalue weighted by Crippen LogP contribution is -2.06. The average molecular weight is 368 g/mol. The monoisotopic (exact) mass is 368 g/mol. The lowest BCUT2D eigenvalue weighted by molar-refractivity contribution is 0.397. The standard InChI is InChI=1S/C19H20N4O2S/c1-24-16-8-5-9-17(25-2)18(16)15-12-21-23-19(22-15)20-11-13-6-4-7-14(10-13)26-3/h4-10,12H,11H2,1-3H3,(H,20,22,23). The van der Waals surface area contributed by atoms with Gasteiger partial charge in [0.25, 0.3) is 0 Å². The van der Waals surface area contributed by atoms with Crippen molar-refractivity contribution in [3.63, 3.8) is 0 Å². The minimum absolute atomic E-state index is 0.449. The SMILES string of the molecule is COc1cccc(OC)c1-c1cnnc(NCc2cccc(SC)c2)n1. The molecule has 2 aromatic carbocycles. The second-order valence-electron chi connectivity index (χ2n) is 5.41. The summed E-state index contributed by atoms with van der Waals surface area (Å²) in [6.07, 6.45) is 3.66. The van der Waals surface area contributed by atoms with Gasteiger partial charge in [-0.3, -0.25) is 0 Å². The molecule has 134 valence electrons. The van der Waals surface area contributed by atoms with Crippen molar-refractivity contribution < 1.29 is 9.47 Å². The van der Waals surface area contributed by atoms with Gasteiger partial charge in [0.1, 0.15) is 17.2 Å². The highest BCUT2D eigenvalue weighted by Crippen LogP contribution is 2.36. The summed E-state index contributed by atoms with van der Waals surface area (Å²) < 4.78 is 10.9. The van der Waals surface area contributed by atoms with Crippen LogP contribution in [0.2, 0.25) is 0 Å². The number of nitrogens with one attached hydrogen (secondary N) is 1. The molecule has 6 nitrogen and oxygen atoms in total. The summed E-state index contributed by atoms with van der Waals surface area (Å²) in [5.41, 5.74) is 2.54. The van der Waals surface area contributed by atoms with E-state index >= 15 is 0 Å². The van der Waals surface area contributed by atoms with Gasteiger partial charge in [0.05, 0.1) is 26.0 Å². The van der Waals surface area contributed by atoms with Crippen LogP contribution in [0.15, 0.2) is 53.6 Å². The van der Waals surface area contributed by atoms with Crippen molar-refractivity contribution in [1.29, 1.82) is 0 Å². The maximum atomic E-state index is 5.45. The second kappa shape index (κ2) is 8.53. The predicted molar refractivity (Wildman–Crippen MR) is 104 cm³/mol. The molecule has 0 aliphatic rings. The van der Waals surface area contributed by atoms with Crippen molar-refractivity contribution in [3.05, 3.63) is 54.2 Å². The van der Waals surface area contributed by atoms with E-state index in [-0.39, 0.29) is 0 Å². The molecule has 0 aliphatic carbocycles. The molecular weight excluding hydrogens is 348 g/mol. The highest BCUT2D eigenvalue weighted by molar-refractivity contribution is 7.98. The Hall–Kier alpha value is -2.80. The Kier molecular flexibility index (Phi) is 5.91. The van der Waals surface area contributed by atoms with Gasteiger partial charge in [-0.15, -0.1) is 16.9 Å². The maximum absolute atomic E-state index is 5.45. The normalized spacial score (nSPS) is 10.4. The summed E-state index contributed by atoms with van der Waals surface area (Å²) in [5, 5.41) is 11.4. The Morgan fingerprint density at radius 1 is 1.04 bits per heavy atom. The van der Waals surface area contributed by atoms with Crippen molar-refractivity contribution >= 4 is 17.7 Å². The number of methoxy groups -OCH3 is 2. The molecule has 1 heterocycles. The van der Waals surface area contributed by atoms with Gasteiger partial charge < -0.3 is 14.8 Å². The molecule has 0 saturated heterocycles. The first-order chi connectivity index (χ1) is 12.7. The van der Waals surface area contributed by atoms with Crippen molar-refractivity contribution in [3.8, 4) is 22.8 Å². The van der Waals surface area contributed by atoms with E-state index in [4.69, 9.17) is 9.47 Å². The molecule has 0 aliphatic heterocycles. The van der Waals surface area contributed by atoms with Crippen LogP contribution in [-0.2, 0) is 6.54 Å². The molecule has 0 atom stereocenters. The number of hydrogen-bond donors (Lipinski definition) is 1. The number of rotatable bonds is 7. The summed E-state index contributed by atoms with van der Waals surface area (Å²) >= 11 is 1.71. The zero-order chi connectivity index (χ0) is 18.4. The van der Waals surface area contributed by atoms with Crippen LogP contribution in [0.5, 0.6) is 11.5 Å². The topological polar surface area (TPSA) is 69.2 Å². The highest BCUT2D eigenvalue weighted by Gasteiger charge is 2.15. The van der Waals surface area contributed by atoms with Crippen LogP contribution < -0.4 is 14.8 Å². The van der Waals surface area contributed by atoms with E-state index in [2.05, 4.69) is 45.0 Å². The first-order valence-corrected chi connectivity index (χ1v) is 9.25. The molecule has 0 radical (unpaired) electrons. The third-order valence-electron chi connectivity index (χ3n) is 3.83. The van der Waals surface area contributed by atoms with Gasteiger partial charge in [-0.05, 0) is 36.1 Å². The fourth-order valence-corrected chi connectivity index (χ4v) is 3.05. The molecule has 0 saturated carbocycles. The van der Waals surface area contributed by atoms with E-state index in [0.717, 1.165) is 11.1 Å². The summed E-state index contributed by atoms with van der Waals surface area (Å²) in [5.74, 6) is 1.79. The van der Waals surface area contributed by atoms with Crippen LogP contribution in [0.4, 0.5) is 5.95 Å². The molecule has 0 fully saturated rings. The third kappa shape index (κ3) is 4.05. The van der Waals surface area contributed by atoms with Crippen LogP contribution in [0.1, 0.15) is 5.56 Å². The smallest absolute Gasteiger partial charge is 0.243 e. The minimum Gasteiger partial charge on any atom is -0.496 e. The quantitative estimate of drug-likeness (QED) is 0.635. The first-order valence-electron chi connectivity index (χ1n) is 8.03. The molecule has 7 heteroatoms. The number of hydrogen-bond acceptors (Lipinski definition) is 7. The van der Waals surface area contributed by atoms with Crippen molar-refractivity contribution in [2.45, 2.75) is 11.4 Å². The molecule has 0 amide bonds. The molecular formula is C19H20N4O2S. The van der Waals surface area contributed by atoms with Gasteiger partial charge in [0.2, 0.25) is 5.95 Å². The number of thioether (sulfide) groups is 1. The van der Waals surface area contributed by atoms with Crippen molar-refractivity contribution in [2.75, 3.05) is 25.8 Å². The molecule has 1 aromatic heterocycles. The molecule has 0 spiro atoms. The number of ether oxygens (including phenoxy) is 2. The summed E-state index contributed by atoms with van der Waals surface area (Å²) in [4.78, 5) is 5.79. The molecule has 0 unspecified atom stereocenters. The van der Waals surface area contributed by atoms with E-state index in [0.29, 0.717) is 29.7 Å². The van der Waals surface area contributed by atoms with Gasteiger partial charge in [0, 0.05) is 11.4 Å². The summed E-state index contributed by atoms with van der Waals surface area (Å²) in [7, 11) is 3.23. The van der Waals surface area contributed by atoms with Crippen LogP contribution in [0.3, 0.4) is 0 Å². The zero-order valence-electron chi connectivity index (χ0n) is 14.9. The van der Waals surface area contributed by atoms with Crippen LogP contribution in [-0.4, -0.2) is 35.7 Å². The third-order valence-corrected chi connectivity index (χ3v) is 4.55. The van der Waals surface area contributed by atoms with E-state index < -0.39 is 0 Å². The minimum atomic E-state index is 0.449. The molecule has 3 aromatic rings. The first kappa shape index (κ1) is 18.0. The van der Waals surface area contributed by atoms with Gasteiger partial charge in [-0.25, -0.2) is 4.98 Å². The van der Waals surface area contributed by atoms with Crippen LogP contribution in [0, 0.1) is 0 Å². The molecule has 3 rings (SSSR count). The largest absolute Gasteiger partial charge is 0.496 e. The lowest BCUT2D eigenvalue weighted by Gasteiger charge is -2.13. The van der Waals surface area contributed by atoms with Gasteiger partial charge in [-0.2, -0.15) is 5.10 Å². The highest BCUT2D eigenvalue weighted by atomic mass is 32.2. The average Bonchev–Trinajstić information content (AvgIpc) is 2.71. The predicted octanol–water partition coefficient (Wildman–Crippen LogP) is 3.89. The Morgan fingerprint density at radius 2 is 1.77 bits per heavy atom. The van der Waals surface area contributed by atoms with Gasteiger partial charge >= 0.3 is 0 Å². The maximum Gasteiger partial charge on any atom is 0.243 e. The van der Waals surface area contributed by atoms with E-state index in [1.807, 2.05) is 24.3 Å². The Bertz CT molecular complexity index is 867. The molecule has 26 heavy (non-hydrogen) atoms. The van der Waals surface area contributed by atoms with Crippen molar-refractivity contribution in [1.82, 2.24) is 15.2 Å². The van der Waals surface area contributed by atoms with Crippen molar-refractivity contribution in [2.24, 2.45) is 0 Å². The number of nitrogens with zero attached hydrogens (tertiary/aromatic N) is 3. The Balaban J connectivity index is 1.85. The van der Waals surface area contributed by atoms with Crippen LogP contribution in [0.25, 0.3) is 11.3 Å². The molecule has 1 N–H and O–H groups in total. The second-order valence-corrected chi connectivity index (χ2v) is 6.29. The van der Waals surface area contributed by atoms with Gasteiger partial charge in [0.15, 0.2) is 0 Å². The number of aromatic nitrogens is 3. The van der Waals surface area contributed by atoms with E-state index in [1.54, 1.807) is 32.2 Å². The lowest BCUT2D eigenvalue weighted by atomic mass is 10.1.